The molecule has 0 spiro atoms. The van der Waals surface area contributed by atoms with Gasteiger partial charge in [0.1, 0.15) is 11.9 Å². The van der Waals surface area contributed by atoms with Crippen molar-refractivity contribution in [2.75, 3.05) is 20.2 Å². The fourth-order valence-corrected chi connectivity index (χ4v) is 0.962. The van der Waals surface area contributed by atoms with E-state index in [1.165, 1.54) is 6.20 Å². The molecule has 0 saturated carbocycles. The van der Waals surface area contributed by atoms with Gasteiger partial charge in [0.2, 0.25) is 0 Å². The molecule has 4 heteroatoms. The predicted octanol–water partition coefficient (Wildman–Crippen LogP) is -0.167. The fourth-order valence-electron chi connectivity index (χ4n) is 0.962. The summed E-state index contributed by atoms with van der Waals surface area (Å²) in [5.41, 5.74) is 0. The summed E-state index contributed by atoms with van der Waals surface area (Å²) in [6.45, 7) is 5.59. The van der Waals surface area contributed by atoms with Crippen molar-refractivity contribution in [1.29, 1.82) is 0 Å². The van der Waals surface area contributed by atoms with Crippen LogP contribution >= 0.6 is 0 Å². The molecule has 1 unspecified atom stereocenters. The van der Waals surface area contributed by atoms with Gasteiger partial charge in [-0.1, -0.05) is 6.58 Å². The van der Waals surface area contributed by atoms with Crippen molar-refractivity contribution in [3.05, 3.63) is 12.8 Å². The third-order valence-corrected chi connectivity index (χ3v) is 1.46. The van der Waals surface area contributed by atoms with E-state index in [0.717, 1.165) is 0 Å². The number of aliphatic imine (C=N–C) groups is 1. The summed E-state index contributed by atoms with van der Waals surface area (Å²) in [4.78, 5) is 5.50. The van der Waals surface area contributed by atoms with Gasteiger partial charge in [-0.25, -0.2) is 0 Å². The lowest BCUT2D eigenvalue weighted by atomic mass is 10.3. The molecule has 2 N–H and O–H groups in total. The Morgan fingerprint density at radius 2 is 2.33 bits per heavy atom. The Labute approximate surface area is 72.8 Å². The summed E-state index contributed by atoms with van der Waals surface area (Å²) in [5, 5.41) is 17.9. The van der Waals surface area contributed by atoms with Gasteiger partial charge in [0.05, 0.1) is 6.61 Å². The molecule has 0 aromatic heterocycles. The van der Waals surface area contributed by atoms with Crippen molar-refractivity contribution >= 4 is 5.84 Å². The number of aliphatic hydroxyl groups excluding tert-OH is 2. The van der Waals surface area contributed by atoms with Crippen LogP contribution in [0.1, 0.15) is 6.92 Å². The van der Waals surface area contributed by atoms with Crippen LogP contribution in [-0.2, 0) is 0 Å². The molecule has 0 saturated heterocycles. The number of rotatable bonds is 4. The number of nitrogens with zero attached hydrogens (tertiary/aromatic N) is 2. The van der Waals surface area contributed by atoms with Gasteiger partial charge in [-0.05, 0) is 13.1 Å². The minimum atomic E-state index is -0.639. The number of aliphatic hydroxyl groups is 2. The molecule has 0 rings (SSSR count). The third kappa shape index (κ3) is 3.02. The Morgan fingerprint density at radius 1 is 1.75 bits per heavy atom. The minimum absolute atomic E-state index is 0.0117. The molecule has 1 atom stereocenters. The van der Waals surface area contributed by atoms with E-state index in [-0.39, 0.29) is 6.61 Å². The molecule has 0 aromatic rings. The first-order valence-corrected chi connectivity index (χ1v) is 3.82. The summed E-state index contributed by atoms with van der Waals surface area (Å²) < 4.78 is 0. The standard InChI is InChI=1S/C8H16N2O2/c1-4-10(5-6-11)8(9-3)7(2)12/h4,7,11-12H,1,5-6H2,2-3H3. The van der Waals surface area contributed by atoms with Gasteiger partial charge in [-0.3, -0.25) is 4.99 Å². The third-order valence-electron chi connectivity index (χ3n) is 1.46. The molecule has 0 aromatic carbocycles. The maximum absolute atomic E-state index is 9.24. The monoisotopic (exact) mass is 172 g/mol. The van der Waals surface area contributed by atoms with Crippen molar-refractivity contribution in [3.63, 3.8) is 0 Å². The zero-order valence-corrected chi connectivity index (χ0v) is 7.56. The van der Waals surface area contributed by atoms with E-state index >= 15 is 0 Å². The first kappa shape index (κ1) is 11.1. The van der Waals surface area contributed by atoms with Crippen LogP contribution in [0.2, 0.25) is 0 Å². The second-order valence-electron chi connectivity index (χ2n) is 2.36. The van der Waals surface area contributed by atoms with E-state index < -0.39 is 6.10 Å². The van der Waals surface area contributed by atoms with E-state index in [0.29, 0.717) is 12.4 Å². The summed E-state index contributed by atoms with van der Waals surface area (Å²) in [6, 6.07) is 0. The Hall–Kier alpha value is -0.870. The first-order valence-electron chi connectivity index (χ1n) is 3.82. The van der Waals surface area contributed by atoms with Crippen LogP contribution in [0.25, 0.3) is 0 Å². The summed E-state index contributed by atoms with van der Waals surface area (Å²) in [7, 11) is 1.59. The number of amidine groups is 1. The molecule has 0 fully saturated rings. The summed E-state index contributed by atoms with van der Waals surface area (Å²) in [5.74, 6) is 0.513. The molecule has 70 valence electrons. The topological polar surface area (TPSA) is 56.1 Å². The van der Waals surface area contributed by atoms with Crippen molar-refractivity contribution in [2.24, 2.45) is 4.99 Å². The normalized spacial score (nSPS) is 14.2. The lowest BCUT2D eigenvalue weighted by Crippen LogP contribution is -2.35. The smallest absolute Gasteiger partial charge is 0.132 e. The maximum atomic E-state index is 9.24. The predicted molar refractivity (Wildman–Crippen MR) is 49.0 cm³/mol. The quantitative estimate of drug-likeness (QED) is 0.457. The fraction of sp³-hybridized carbons (Fsp3) is 0.625. The van der Waals surface area contributed by atoms with E-state index in [4.69, 9.17) is 5.11 Å². The zero-order valence-electron chi connectivity index (χ0n) is 7.56. The Morgan fingerprint density at radius 3 is 2.58 bits per heavy atom. The minimum Gasteiger partial charge on any atom is -0.395 e. The molecular weight excluding hydrogens is 156 g/mol. The molecular formula is C8H16N2O2. The van der Waals surface area contributed by atoms with Crippen molar-refractivity contribution < 1.29 is 10.2 Å². The Balaban J connectivity index is 4.34. The Kier molecular flexibility index (Phi) is 5.32. The molecule has 0 aliphatic heterocycles. The second-order valence-corrected chi connectivity index (χ2v) is 2.36. The van der Waals surface area contributed by atoms with E-state index in [1.807, 2.05) is 0 Å². The largest absolute Gasteiger partial charge is 0.395 e. The van der Waals surface area contributed by atoms with E-state index in [2.05, 4.69) is 11.6 Å². The van der Waals surface area contributed by atoms with Gasteiger partial charge < -0.3 is 15.1 Å². The van der Waals surface area contributed by atoms with Crippen LogP contribution in [0, 0.1) is 0 Å². The summed E-state index contributed by atoms with van der Waals surface area (Å²) in [6.07, 6.45) is 0.894. The average molecular weight is 172 g/mol. The second kappa shape index (κ2) is 5.74. The molecule has 0 aliphatic rings. The highest BCUT2D eigenvalue weighted by atomic mass is 16.3. The van der Waals surface area contributed by atoms with E-state index in [1.54, 1.807) is 18.9 Å². The SMILES string of the molecule is C=CN(CCO)C(=NC)C(C)O. The van der Waals surface area contributed by atoms with Gasteiger partial charge in [-0.2, -0.15) is 0 Å². The van der Waals surface area contributed by atoms with Crippen molar-refractivity contribution in [2.45, 2.75) is 13.0 Å². The van der Waals surface area contributed by atoms with Crippen molar-refractivity contribution in [1.82, 2.24) is 4.90 Å². The van der Waals surface area contributed by atoms with Gasteiger partial charge >= 0.3 is 0 Å². The zero-order chi connectivity index (χ0) is 9.56. The number of hydrogen-bond acceptors (Lipinski definition) is 3. The van der Waals surface area contributed by atoms with Gasteiger partial charge in [0, 0.05) is 13.6 Å². The van der Waals surface area contributed by atoms with Gasteiger partial charge in [0.25, 0.3) is 0 Å². The highest BCUT2D eigenvalue weighted by molar-refractivity contribution is 5.86. The number of hydrogen-bond donors (Lipinski definition) is 2. The van der Waals surface area contributed by atoms with Gasteiger partial charge in [-0.15, -0.1) is 0 Å². The maximum Gasteiger partial charge on any atom is 0.132 e. The molecule has 0 bridgehead atoms. The highest BCUT2D eigenvalue weighted by Gasteiger charge is 2.11. The van der Waals surface area contributed by atoms with Crippen LogP contribution in [-0.4, -0.2) is 47.3 Å². The van der Waals surface area contributed by atoms with Crippen LogP contribution in [0.3, 0.4) is 0 Å². The summed E-state index contributed by atoms with van der Waals surface area (Å²) >= 11 is 0. The molecule has 4 nitrogen and oxygen atoms in total. The highest BCUT2D eigenvalue weighted by Crippen LogP contribution is 1.97. The van der Waals surface area contributed by atoms with E-state index in [9.17, 15) is 5.11 Å². The average Bonchev–Trinajstić information content (AvgIpc) is 2.03. The molecule has 12 heavy (non-hydrogen) atoms. The molecule has 0 aliphatic carbocycles. The van der Waals surface area contributed by atoms with Crippen molar-refractivity contribution in [3.8, 4) is 0 Å². The van der Waals surface area contributed by atoms with Gasteiger partial charge in [0.15, 0.2) is 0 Å². The van der Waals surface area contributed by atoms with Crippen LogP contribution in [0.4, 0.5) is 0 Å². The first-order chi connectivity index (χ1) is 5.67. The molecule has 0 radical (unpaired) electrons. The van der Waals surface area contributed by atoms with Crippen LogP contribution < -0.4 is 0 Å². The Bertz CT molecular complexity index is 166. The molecule has 0 amide bonds. The van der Waals surface area contributed by atoms with Crippen LogP contribution in [0.5, 0.6) is 0 Å². The lowest BCUT2D eigenvalue weighted by Gasteiger charge is -2.22. The molecule has 0 heterocycles. The lowest BCUT2D eigenvalue weighted by molar-refractivity contribution is 0.231. The van der Waals surface area contributed by atoms with Crippen LogP contribution in [0.15, 0.2) is 17.8 Å².